The third-order valence-corrected chi connectivity index (χ3v) is 6.31. The smallest absolute Gasteiger partial charge is 0.313 e. The van der Waals surface area contributed by atoms with Gasteiger partial charge in [-0.1, -0.05) is 66.7 Å². The number of thioether (sulfide) groups is 1. The Morgan fingerprint density at radius 1 is 0.879 bits per heavy atom. The van der Waals surface area contributed by atoms with Gasteiger partial charge in [0.1, 0.15) is 12.4 Å². The van der Waals surface area contributed by atoms with Gasteiger partial charge in [0, 0.05) is 5.39 Å². The Hall–Kier alpha value is -3.35. The SMILES string of the molecule is O=C(O)CSC(COCc1ccccc1)c1ccc(OCc2ccc3ccccc3n2)cc1. The fourth-order valence-electron chi connectivity index (χ4n) is 3.40. The third kappa shape index (κ3) is 6.81. The molecule has 0 aliphatic heterocycles. The summed E-state index contributed by atoms with van der Waals surface area (Å²) < 4.78 is 11.8. The van der Waals surface area contributed by atoms with Crippen molar-refractivity contribution in [2.45, 2.75) is 18.5 Å². The summed E-state index contributed by atoms with van der Waals surface area (Å²) in [7, 11) is 0. The predicted octanol–water partition coefficient (Wildman–Crippen LogP) is 5.89. The first-order valence-electron chi connectivity index (χ1n) is 10.7. The van der Waals surface area contributed by atoms with Crippen LogP contribution in [0.25, 0.3) is 10.9 Å². The first-order valence-corrected chi connectivity index (χ1v) is 11.7. The summed E-state index contributed by atoms with van der Waals surface area (Å²) in [6.45, 7) is 1.29. The lowest BCUT2D eigenvalue weighted by Gasteiger charge is -2.17. The molecule has 0 amide bonds. The highest BCUT2D eigenvalue weighted by atomic mass is 32.2. The van der Waals surface area contributed by atoms with Crippen molar-refractivity contribution in [3.8, 4) is 5.75 Å². The van der Waals surface area contributed by atoms with Crippen LogP contribution in [0.1, 0.15) is 22.1 Å². The molecule has 1 N–H and O–H groups in total. The molecule has 33 heavy (non-hydrogen) atoms. The topological polar surface area (TPSA) is 68.7 Å². The minimum Gasteiger partial charge on any atom is -0.487 e. The molecule has 0 saturated carbocycles. The number of pyridine rings is 1. The lowest BCUT2D eigenvalue weighted by molar-refractivity contribution is -0.133. The average molecular weight is 460 g/mol. The number of carboxylic acids is 1. The zero-order valence-electron chi connectivity index (χ0n) is 18.1. The predicted molar refractivity (Wildman–Crippen MR) is 131 cm³/mol. The molecule has 0 aliphatic rings. The van der Waals surface area contributed by atoms with Crippen molar-refractivity contribution in [2.24, 2.45) is 0 Å². The molecule has 5 nitrogen and oxygen atoms in total. The van der Waals surface area contributed by atoms with E-state index in [1.807, 2.05) is 91.0 Å². The van der Waals surface area contributed by atoms with Crippen molar-refractivity contribution < 1.29 is 19.4 Å². The second-order valence-corrected chi connectivity index (χ2v) is 8.74. The number of rotatable bonds is 11. The van der Waals surface area contributed by atoms with Gasteiger partial charge in [0.2, 0.25) is 0 Å². The van der Waals surface area contributed by atoms with Gasteiger partial charge in [0.25, 0.3) is 0 Å². The maximum absolute atomic E-state index is 11.1. The van der Waals surface area contributed by atoms with E-state index in [0.29, 0.717) is 19.8 Å². The fourth-order valence-corrected chi connectivity index (χ4v) is 4.28. The number of carbonyl (C=O) groups is 1. The molecule has 1 atom stereocenters. The van der Waals surface area contributed by atoms with Crippen molar-refractivity contribution in [3.05, 3.63) is 108 Å². The normalized spacial score (nSPS) is 11.9. The van der Waals surface area contributed by atoms with Crippen LogP contribution in [0.4, 0.5) is 0 Å². The monoisotopic (exact) mass is 459 g/mol. The van der Waals surface area contributed by atoms with Crippen LogP contribution in [-0.4, -0.2) is 28.4 Å². The van der Waals surface area contributed by atoms with Crippen molar-refractivity contribution >= 4 is 28.6 Å². The van der Waals surface area contributed by atoms with E-state index < -0.39 is 5.97 Å². The first-order chi connectivity index (χ1) is 16.2. The van der Waals surface area contributed by atoms with Gasteiger partial charge >= 0.3 is 5.97 Å². The number of hydrogen-bond acceptors (Lipinski definition) is 5. The summed E-state index contributed by atoms with van der Waals surface area (Å²) in [6.07, 6.45) is 0. The average Bonchev–Trinajstić information content (AvgIpc) is 2.85. The van der Waals surface area contributed by atoms with Gasteiger partial charge in [-0.3, -0.25) is 4.79 Å². The molecule has 0 aliphatic carbocycles. The summed E-state index contributed by atoms with van der Waals surface area (Å²) in [4.78, 5) is 15.7. The van der Waals surface area contributed by atoms with Crippen LogP contribution in [0.15, 0.2) is 91.0 Å². The van der Waals surface area contributed by atoms with Gasteiger partial charge < -0.3 is 14.6 Å². The van der Waals surface area contributed by atoms with E-state index in [0.717, 1.165) is 33.5 Å². The number of hydrogen-bond donors (Lipinski definition) is 1. The largest absolute Gasteiger partial charge is 0.487 e. The van der Waals surface area contributed by atoms with E-state index in [4.69, 9.17) is 14.6 Å². The van der Waals surface area contributed by atoms with Crippen molar-refractivity contribution in [3.63, 3.8) is 0 Å². The molecule has 0 radical (unpaired) electrons. The van der Waals surface area contributed by atoms with E-state index in [-0.39, 0.29) is 11.0 Å². The summed E-state index contributed by atoms with van der Waals surface area (Å²) in [5.74, 6) is -0.0811. The zero-order chi connectivity index (χ0) is 22.9. The van der Waals surface area contributed by atoms with Crippen LogP contribution >= 0.6 is 11.8 Å². The Labute approximate surface area is 197 Å². The van der Waals surface area contributed by atoms with Crippen LogP contribution in [0.5, 0.6) is 5.75 Å². The summed E-state index contributed by atoms with van der Waals surface area (Å²) in [5, 5.41) is 10.1. The van der Waals surface area contributed by atoms with E-state index in [1.54, 1.807) is 0 Å². The number of para-hydroxylation sites is 1. The molecule has 1 unspecified atom stereocenters. The van der Waals surface area contributed by atoms with E-state index >= 15 is 0 Å². The number of aromatic nitrogens is 1. The summed E-state index contributed by atoms with van der Waals surface area (Å²) >= 11 is 1.36. The second kappa shape index (κ2) is 11.5. The highest BCUT2D eigenvalue weighted by Crippen LogP contribution is 2.31. The molecule has 1 aromatic heterocycles. The van der Waals surface area contributed by atoms with Crippen LogP contribution < -0.4 is 4.74 Å². The Bertz CT molecular complexity index is 1180. The lowest BCUT2D eigenvalue weighted by Crippen LogP contribution is -2.09. The molecule has 3 aromatic carbocycles. The number of ether oxygens (including phenoxy) is 2. The molecule has 0 bridgehead atoms. The van der Waals surface area contributed by atoms with Gasteiger partial charge in [-0.2, -0.15) is 0 Å². The molecule has 4 rings (SSSR count). The summed E-state index contributed by atoms with van der Waals surface area (Å²) in [6, 6.07) is 29.7. The van der Waals surface area contributed by atoms with Crippen LogP contribution in [0.2, 0.25) is 0 Å². The van der Waals surface area contributed by atoms with Gasteiger partial charge in [-0.05, 0) is 35.4 Å². The van der Waals surface area contributed by atoms with Gasteiger partial charge in [0.15, 0.2) is 0 Å². The first kappa shape index (κ1) is 22.8. The number of benzene rings is 3. The highest BCUT2D eigenvalue weighted by molar-refractivity contribution is 8.00. The van der Waals surface area contributed by atoms with Gasteiger partial charge in [-0.25, -0.2) is 4.98 Å². The Kier molecular flexibility index (Phi) is 7.95. The molecule has 0 saturated heterocycles. The number of aliphatic carboxylic acids is 1. The van der Waals surface area contributed by atoms with Crippen molar-refractivity contribution in [1.29, 1.82) is 0 Å². The molecule has 168 valence electrons. The Morgan fingerprint density at radius 3 is 2.42 bits per heavy atom. The van der Waals surface area contributed by atoms with E-state index in [2.05, 4.69) is 4.98 Å². The maximum atomic E-state index is 11.1. The minimum absolute atomic E-state index is 0.0191. The molecule has 0 spiro atoms. The highest BCUT2D eigenvalue weighted by Gasteiger charge is 2.15. The zero-order valence-corrected chi connectivity index (χ0v) is 18.9. The standard InChI is InChI=1S/C27H25NO4S/c29-27(30)19-33-26(18-31-16-20-6-2-1-3-7-20)22-11-14-24(15-12-22)32-17-23-13-10-21-8-4-5-9-25(21)28-23/h1-15,26H,16-19H2,(H,29,30). The minimum atomic E-state index is -0.837. The van der Waals surface area contributed by atoms with Gasteiger partial charge in [-0.15, -0.1) is 11.8 Å². The van der Waals surface area contributed by atoms with E-state index in [1.165, 1.54) is 11.8 Å². The number of fused-ring (bicyclic) bond motifs is 1. The fraction of sp³-hybridized carbons (Fsp3) is 0.185. The Balaban J connectivity index is 1.36. The van der Waals surface area contributed by atoms with Crippen molar-refractivity contribution in [2.75, 3.05) is 12.4 Å². The van der Waals surface area contributed by atoms with Gasteiger partial charge in [0.05, 0.1) is 35.4 Å². The second-order valence-electron chi connectivity index (χ2n) is 7.55. The molecule has 1 heterocycles. The van der Waals surface area contributed by atoms with Crippen LogP contribution in [-0.2, 0) is 22.7 Å². The van der Waals surface area contributed by atoms with Crippen LogP contribution in [0.3, 0.4) is 0 Å². The van der Waals surface area contributed by atoms with Crippen molar-refractivity contribution in [1.82, 2.24) is 4.98 Å². The molecular weight excluding hydrogens is 434 g/mol. The quantitative estimate of drug-likeness (QED) is 0.302. The molecule has 0 fully saturated rings. The lowest BCUT2D eigenvalue weighted by atomic mass is 10.1. The summed E-state index contributed by atoms with van der Waals surface area (Å²) in [5.41, 5.74) is 3.90. The molecule has 6 heteroatoms. The number of carboxylic acid groups (broad SMARTS) is 1. The van der Waals surface area contributed by atoms with E-state index in [9.17, 15) is 4.79 Å². The Morgan fingerprint density at radius 2 is 1.64 bits per heavy atom. The third-order valence-electron chi connectivity index (χ3n) is 5.08. The maximum Gasteiger partial charge on any atom is 0.313 e. The molecule has 4 aromatic rings. The molecular formula is C27H25NO4S. The van der Waals surface area contributed by atoms with Crippen LogP contribution in [0, 0.1) is 0 Å². The number of nitrogens with zero attached hydrogens (tertiary/aromatic N) is 1.